The van der Waals surface area contributed by atoms with E-state index in [1.807, 2.05) is 0 Å². The number of hydrogen-bond donors (Lipinski definition) is 2. The highest BCUT2D eigenvalue weighted by Crippen LogP contribution is 2.32. The van der Waals surface area contributed by atoms with Gasteiger partial charge < -0.3 is 11.5 Å². The standard InChI is InChI=1S/C14H21N5S/c1-8-9(2)20-14-12(8)13(16)17-11(18-14)7-19-5-3-4-10(19)6-15/h10H,3-7,15H2,1-2H3,(H2,16,17,18). The van der Waals surface area contributed by atoms with Crippen molar-refractivity contribution in [3.8, 4) is 0 Å². The molecule has 1 aliphatic heterocycles. The number of aryl methyl sites for hydroxylation is 2. The van der Waals surface area contributed by atoms with E-state index < -0.39 is 0 Å². The van der Waals surface area contributed by atoms with Gasteiger partial charge in [-0.2, -0.15) is 0 Å². The SMILES string of the molecule is Cc1sc2nc(CN3CCCC3CN)nc(N)c2c1C. The van der Waals surface area contributed by atoms with Crippen molar-refractivity contribution in [3.05, 3.63) is 16.3 Å². The van der Waals surface area contributed by atoms with Crippen LogP contribution in [-0.2, 0) is 6.54 Å². The molecule has 20 heavy (non-hydrogen) atoms. The third kappa shape index (κ3) is 2.28. The molecule has 0 radical (unpaired) electrons. The summed E-state index contributed by atoms with van der Waals surface area (Å²) in [6.45, 7) is 6.71. The molecule has 0 spiro atoms. The Morgan fingerprint density at radius 2 is 2.15 bits per heavy atom. The molecular weight excluding hydrogens is 270 g/mol. The smallest absolute Gasteiger partial charge is 0.146 e. The van der Waals surface area contributed by atoms with Crippen LogP contribution in [0.5, 0.6) is 0 Å². The summed E-state index contributed by atoms with van der Waals surface area (Å²) in [6, 6.07) is 0.460. The number of nitrogens with two attached hydrogens (primary N) is 2. The van der Waals surface area contributed by atoms with E-state index in [0.29, 0.717) is 18.4 Å². The van der Waals surface area contributed by atoms with E-state index in [9.17, 15) is 0 Å². The monoisotopic (exact) mass is 291 g/mol. The zero-order valence-electron chi connectivity index (χ0n) is 12.0. The first-order valence-corrected chi connectivity index (χ1v) is 7.88. The molecule has 1 fully saturated rings. The molecule has 0 saturated carbocycles. The lowest BCUT2D eigenvalue weighted by Gasteiger charge is -2.22. The summed E-state index contributed by atoms with van der Waals surface area (Å²) < 4.78 is 0. The molecule has 1 atom stereocenters. The van der Waals surface area contributed by atoms with Crippen LogP contribution in [-0.4, -0.2) is 34.0 Å². The summed E-state index contributed by atoms with van der Waals surface area (Å²) in [5.41, 5.74) is 13.1. The lowest BCUT2D eigenvalue weighted by molar-refractivity contribution is 0.244. The molecule has 1 aliphatic rings. The molecule has 3 rings (SSSR count). The average molecular weight is 291 g/mol. The fourth-order valence-electron chi connectivity index (χ4n) is 2.95. The van der Waals surface area contributed by atoms with Gasteiger partial charge in [0.1, 0.15) is 16.5 Å². The minimum Gasteiger partial charge on any atom is -0.383 e. The van der Waals surface area contributed by atoms with Gasteiger partial charge in [-0.05, 0) is 38.8 Å². The third-order valence-electron chi connectivity index (χ3n) is 4.22. The number of fused-ring (bicyclic) bond motifs is 1. The molecule has 0 bridgehead atoms. The number of thiophene rings is 1. The van der Waals surface area contributed by atoms with Gasteiger partial charge in [0.25, 0.3) is 0 Å². The van der Waals surface area contributed by atoms with E-state index >= 15 is 0 Å². The van der Waals surface area contributed by atoms with E-state index in [1.165, 1.54) is 23.3 Å². The Balaban J connectivity index is 1.93. The second-order valence-corrected chi connectivity index (χ2v) is 6.69. The van der Waals surface area contributed by atoms with Crippen LogP contribution in [0.1, 0.15) is 29.1 Å². The second-order valence-electron chi connectivity index (χ2n) is 5.49. The maximum absolute atomic E-state index is 6.12. The van der Waals surface area contributed by atoms with Crippen molar-refractivity contribution < 1.29 is 0 Å². The van der Waals surface area contributed by atoms with Gasteiger partial charge in [-0.25, -0.2) is 9.97 Å². The molecule has 5 nitrogen and oxygen atoms in total. The minimum atomic E-state index is 0.460. The fraction of sp³-hybridized carbons (Fsp3) is 0.571. The molecule has 2 aromatic heterocycles. The Labute approximate surface area is 123 Å². The van der Waals surface area contributed by atoms with Crippen molar-refractivity contribution in [3.63, 3.8) is 0 Å². The molecule has 6 heteroatoms. The van der Waals surface area contributed by atoms with Crippen LogP contribution in [0, 0.1) is 13.8 Å². The number of nitrogen functional groups attached to an aromatic ring is 1. The molecule has 0 aliphatic carbocycles. The summed E-state index contributed by atoms with van der Waals surface area (Å²) in [4.78, 5) is 13.8. The molecule has 3 heterocycles. The highest BCUT2D eigenvalue weighted by Gasteiger charge is 2.24. The highest BCUT2D eigenvalue weighted by atomic mass is 32.1. The third-order valence-corrected chi connectivity index (χ3v) is 5.32. The van der Waals surface area contributed by atoms with Crippen molar-refractivity contribution in [2.45, 2.75) is 39.3 Å². The van der Waals surface area contributed by atoms with Gasteiger partial charge in [0.2, 0.25) is 0 Å². The first-order valence-electron chi connectivity index (χ1n) is 7.06. The largest absolute Gasteiger partial charge is 0.383 e. The maximum atomic E-state index is 6.12. The molecule has 0 amide bonds. The lowest BCUT2D eigenvalue weighted by Crippen LogP contribution is -2.35. The number of rotatable bonds is 3. The van der Waals surface area contributed by atoms with Crippen LogP contribution in [0.4, 0.5) is 5.82 Å². The molecule has 1 saturated heterocycles. The summed E-state index contributed by atoms with van der Waals surface area (Å²) in [7, 11) is 0. The van der Waals surface area contributed by atoms with Gasteiger partial charge in [0, 0.05) is 17.5 Å². The molecule has 4 N–H and O–H groups in total. The molecule has 2 aromatic rings. The van der Waals surface area contributed by atoms with Gasteiger partial charge in [-0.3, -0.25) is 4.90 Å². The highest BCUT2D eigenvalue weighted by molar-refractivity contribution is 7.18. The predicted molar refractivity (Wildman–Crippen MR) is 83.8 cm³/mol. The number of aromatic nitrogens is 2. The van der Waals surface area contributed by atoms with Crippen LogP contribution >= 0.6 is 11.3 Å². The number of anilines is 1. The number of nitrogens with zero attached hydrogens (tertiary/aromatic N) is 3. The molecule has 108 valence electrons. The quantitative estimate of drug-likeness (QED) is 0.901. The molecule has 1 unspecified atom stereocenters. The lowest BCUT2D eigenvalue weighted by atomic mass is 10.2. The van der Waals surface area contributed by atoms with Gasteiger partial charge in [0.05, 0.1) is 11.9 Å². The van der Waals surface area contributed by atoms with Gasteiger partial charge in [-0.15, -0.1) is 11.3 Å². The Morgan fingerprint density at radius 3 is 2.90 bits per heavy atom. The van der Waals surface area contributed by atoms with Gasteiger partial charge in [-0.1, -0.05) is 0 Å². The van der Waals surface area contributed by atoms with Crippen molar-refractivity contribution in [2.75, 3.05) is 18.8 Å². The van der Waals surface area contributed by atoms with Crippen LogP contribution in [0.15, 0.2) is 0 Å². The summed E-state index contributed by atoms with van der Waals surface area (Å²) in [5.74, 6) is 1.42. The predicted octanol–water partition coefficient (Wildman–Crippen LogP) is 1.81. The normalized spacial score (nSPS) is 20.1. The van der Waals surface area contributed by atoms with Crippen LogP contribution in [0.25, 0.3) is 10.2 Å². The van der Waals surface area contributed by atoms with E-state index in [-0.39, 0.29) is 0 Å². The fourth-order valence-corrected chi connectivity index (χ4v) is 4.01. The number of hydrogen-bond acceptors (Lipinski definition) is 6. The topological polar surface area (TPSA) is 81.1 Å². The van der Waals surface area contributed by atoms with Crippen LogP contribution < -0.4 is 11.5 Å². The Morgan fingerprint density at radius 1 is 1.35 bits per heavy atom. The Hall–Kier alpha value is -1.24. The van der Waals surface area contributed by atoms with E-state index in [4.69, 9.17) is 16.5 Å². The van der Waals surface area contributed by atoms with E-state index in [1.54, 1.807) is 11.3 Å². The van der Waals surface area contributed by atoms with Crippen molar-refractivity contribution in [1.82, 2.24) is 14.9 Å². The first kappa shape index (κ1) is 13.7. The molecule has 0 aromatic carbocycles. The zero-order valence-corrected chi connectivity index (χ0v) is 12.8. The number of likely N-dealkylation sites (tertiary alicyclic amines) is 1. The van der Waals surface area contributed by atoms with Crippen molar-refractivity contribution in [2.24, 2.45) is 5.73 Å². The summed E-state index contributed by atoms with van der Waals surface area (Å²) in [6.07, 6.45) is 2.38. The Bertz CT molecular complexity index is 636. The maximum Gasteiger partial charge on any atom is 0.146 e. The van der Waals surface area contributed by atoms with Gasteiger partial charge in [0.15, 0.2) is 0 Å². The van der Waals surface area contributed by atoms with Crippen molar-refractivity contribution >= 4 is 27.4 Å². The van der Waals surface area contributed by atoms with Gasteiger partial charge >= 0.3 is 0 Å². The minimum absolute atomic E-state index is 0.460. The van der Waals surface area contributed by atoms with E-state index in [0.717, 1.165) is 29.1 Å². The van der Waals surface area contributed by atoms with E-state index in [2.05, 4.69) is 23.7 Å². The Kier molecular flexibility index (Phi) is 3.62. The second kappa shape index (κ2) is 5.27. The van der Waals surface area contributed by atoms with Crippen LogP contribution in [0.2, 0.25) is 0 Å². The zero-order chi connectivity index (χ0) is 14.3. The molecular formula is C14H21N5S. The average Bonchev–Trinajstić information content (AvgIpc) is 2.95. The summed E-state index contributed by atoms with van der Waals surface area (Å²) >= 11 is 1.70. The van der Waals surface area contributed by atoms with Crippen LogP contribution in [0.3, 0.4) is 0 Å². The van der Waals surface area contributed by atoms with Crippen molar-refractivity contribution in [1.29, 1.82) is 0 Å². The first-order chi connectivity index (χ1) is 9.60. The summed E-state index contributed by atoms with van der Waals surface area (Å²) in [5, 5.41) is 1.02.